The molecule has 0 spiro atoms. The molecule has 0 unspecified atom stereocenters. The van der Waals surface area contributed by atoms with Crippen LogP contribution in [0.2, 0.25) is 0 Å². The number of nitriles is 1. The Morgan fingerprint density at radius 2 is 2.00 bits per heavy atom. The first-order valence-corrected chi connectivity index (χ1v) is 10.1. The summed E-state index contributed by atoms with van der Waals surface area (Å²) in [5, 5.41) is 12.0. The maximum atomic E-state index is 12.6. The van der Waals surface area contributed by atoms with Crippen LogP contribution in [-0.4, -0.2) is 28.6 Å². The quantitative estimate of drug-likeness (QED) is 0.609. The molecule has 5 nitrogen and oxygen atoms in total. The Labute approximate surface area is 179 Å². The van der Waals surface area contributed by atoms with Crippen LogP contribution in [0.4, 0.5) is 0 Å². The zero-order chi connectivity index (χ0) is 20.5. The van der Waals surface area contributed by atoms with Gasteiger partial charge in [-0.05, 0) is 65.8 Å². The van der Waals surface area contributed by atoms with Gasteiger partial charge in [0.05, 0.1) is 23.1 Å². The van der Waals surface area contributed by atoms with E-state index in [-0.39, 0.29) is 12.0 Å². The summed E-state index contributed by atoms with van der Waals surface area (Å²) in [7, 11) is 0. The summed E-state index contributed by atoms with van der Waals surface area (Å²) in [4.78, 5) is 14.4. The number of rotatable bonds is 7. The van der Waals surface area contributed by atoms with Gasteiger partial charge in [0.15, 0.2) is 5.11 Å². The van der Waals surface area contributed by atoms with Crippen LogP contribution in [0, 0.1) is 11.3 Å². The molecule has 0 fully saturated rings. The Morgan fingerprint density at radius 3 is 2.61 bits per heavy atom. The Balaban J connectivity index is 2.08. The second-order valence-electron chi connectivity index (χ2n) is 6.39. The first-order chi connectivity index (χ1) is 13.4. The molecule has 0 radical (unpaired) electrons. The van der Waals surface area contributed by atoms with Gasteiger partial charge < -0.3 is 9.64 Å². The lowest BCUT2D eigenvalue weighted by Crippen LogP contribution is -2.42. The van der Waals surface area contributed by atoms with E-state index in [0.29, 0.717) is 40.4 Å². The van der Waals surface area contributed by atoms with Crippen molar-refractivity contribution in [3.05, 3.63) is 64.1 Å². The number of hydrogen-bond acceptors (Lipinski definition) is 4. The Kier molecular flexibility index (Phi) is 8.42. The van der Waals surface area contributed by atoms with Crippen LogP contribution in [0.1, 0.15) is 36.2 Å². The molecule has 2 aromatic carbocycles. The second-order valence-corrected chi connectivity index (χ2v) is 7.63. The van der Waals surface area contributed by atoms with Crippen LogP contribution >= 0.6 is 28.1 Å². The van der Waals surface area contributed by atoms with Gasteiger partial charge in [0, 0.05) is 18.7 Å². The van der Waals surface area contributed by atoms with E-state index < -0.39 is 0 Å². The summed E-state index contributed by atoms with van der Waals surface area (Å²) in [6, 6.07) is 17.0. The van der Waals surface area contributed by atoms with E-state index in [1.54, 1.807) is 18.2 Å². The van der Waals surface area contributed by atoms with Crippen molar-refractivity contribution in [2.45, 2.75) is 32.9 Å². The van der Waals surface area contributed by atoms with Crippen molar-refractivity contribution in [3.63, 3.8) is 0 Å². The summed E-state index contributed by atoms with van der Waals surface area (Å²) < 4.78 is 6.37. The zero-order valence-electron chi connectivity index (χ0n) is 15.8. The number of amides is 1. The lowest BCUT2D eigenvalue weighted by atomic mass is 10.2. The number of carbonyl (C=O) groups excluding carboxylic acids is 1. The molecule has 2 aromatic rings. The van der Waals surface area contributed by atoms with Gasteiger partial charge in [-0.2, -0.15) is 5.26 Å². The third-order valence-electron chi connectivity index (χ3n) is 3.77. The average molecular weight is 460 g/mol. The molecule has 0 aliphatic rings. The summed E-state index contributed by atoms with van der Waals surface area (Å²) >= 11 is 8.86. The van der Waals surface area contributed by atoms with Gasteiger partial charge in [0.1, 0.15) is 5.75 Å². The third kappa shape index (κ3) is 6.63. The van der Waals surface area contributed by atoms with Crippen LogP contribution in [0.3, 0.4) is 0 Å². The van der Waals surface area contributed by atoms with Gasteiger partial charge in [0.2, 0.25) is 0 Å². The van der Waals surface area contributed by atoms with Crippen molar-refractivity contribution in [3.8, 4) is 11.8 Å². The second kappa shape index (κ2) is 10.8. The number of nitrogens with one attached hydrogen (secondary N) is 1. The molecule has 0 heterocycles. The Bertz CT molecular complexity index is 866. The maximum Gasteiger partial charge on any atom is 0.257 e. The van der Waals surface area contributed by atoms with Crippen molar-refractivity contribution in [2.75, 3.05) is 6.54 Å². The van der Waals surface area contributed by atoms with Crippen molar-refractivity contribution < 1.29 is 9.53 Å². The number of ether oxygens (including phenoxy) is 1. The molecule has 1 N–H and O–H groups in total. The lowest BCUT2D eigenvalue weighted by Gasteiger charge is -2.24. The largest absolute Gasteiger partial charge is 0.490 e. The van der Waals surface area contributed by atoms with Gasteiger partial charge in [-0.15, -0.1) is 0 Å². The van der Waals surface area contributed by atoms with Gasteiger partial charge >= 0.3 is 0 Å². The molecule has 0 aromatic heterocycles. The van der Waals surface area contributed by atoms with Crippen LogP contribution in [-0.2, 0) is 6.54 Å². The van der Waals surface area contributed by atoms with E-state index in [4.69, 9.17) is 22.2 Å². The minimum Gasteiger partial charge on any atom is -0.490 e. The summed E-state index contributed by atoms with van der Waals surface area (Å²) in [6.45, 7) is 4.84. The van der Waals surface area contributed by atoms with Gasteiger partial charge in [-0.1, -0.05) is 30.3 Å². The fourth-order valence-electron chi connectivity index (χ4n) is 2.48. The van der Waals surface area contributed by atoms with Gasteiger partial charge in [-0.25, -0.2) is 0 Å². The average Bonchev–Trinajstić information content (AvgIpc) is 2.67. The van der Waals surface area contributed by atoms with Crippen LogP contribution in [0.15, 0.2) is 53.0 Å². The number of benzene rings is 2. The molecule has 0 atom stereocenters. The predicted molar refractivity (Wildman–Crippen MR) is 117 cm³/mol. The minimum atomic E-state index is -0.309. The summed E-state index contributed by atoms with van der Waals surface area (Å²) in [5.74, 6) is 0.366. The molecule has 0 aliphatic heterocycles. The molecule has 28 heavy (non-hydrogen) atoms. The fraction of sp³-hybridized carbons (Fsp3) is 0.286. The van der Waals surface area contributed by atoms with E-state index in [0.717, 1.165) is 5.56 Å². The van der Waals surface area contributed by atoms with E-state index in [9.17, 15) is 4.79 Å². The van der Waals surface area contributed by atoms with Crippen LogP contribution < -0.4 is 10.1 Å². The SMILES string of the molecule is CC(C)Oc1ccc(C(=O)NC(=S)N(CCC#N)Cc2ccccc2)cc1Br. The van der Waals surface area contributed by atoms with Gasteiger partial charge in [-0.3, -0.25) is 10.1 Å². The topological polar surface area (TPSA) is 65.4 Å². The highest BCUT2D eigenvalue weighted by Crippen LogP contribution is 2.27. The van der Waals surface area contributed by atoms with Crippen LogP contribution in [0.25, 0.3) is 0 Å². The van der Waals surface area contributed by atoms with Crippen molar-refractivity contribution in [2.24, 2.45) is 0 Å². The fourth-order valence-corrected chi connectivity index (χ4v) is 3.20. The monoisotopic (exact) mass is 459 g/mol. The van der Waals surface area contributed by atoms with E-state index in [2.05, 4.69) is 27.3 Å². The first kappa shape index (κ1) is 21.9. The van der Waals surface area contributed by atoms with E-state index >= 15 is 0 Å². The molecule has 0 saturated carbocycles. The summed E-state index contributed by atoms with van der Waals surface area (Å²) in [5.41, 5.74) is 1.51. The molecule has 7 heteroatoms. The number of carbonyl (C=O) groups is 1. The molecule has 1 amide bonds. The van der Waals surface area contributed by atoms with Crippen molar-refractivity contribution in [1.29, 1.82) is 5.26 Å². The Morgan fingerprint density at radius 1 is 1.29 bits per heavy atom. The molecular weight excluding hydrogens is 438 g/mol. The Hall–Kier alpha value is -2.43. The molecule has 2 rings (SSSR count). The molecule has 146 valence electrons. The highest BCUT2D eigenvalue weighted by Gasteiger charge is 2.16. The first-order valence-electron chi connectivity index (χ1n) is 8.88. The highest BCUT2D eigenvalue weighted by molar-refractivity contribution is 9.10. The normalized spacial score (nSPS) is 10.2. The number of nitrogens with zero attached hydrogens (tertiary/aromatic N) is 2. The highest BCUT2D eigenvalue weighted by atomic mass is 79.9. The number of halogens is 1. The van der Waals surface area contributed by atoms with E-state index in [1.807, 2.05) is 49.1 Å². The van der Waals surface area contributed by atoms with Crippen molar-refractivity contribution >= 4 is 39.2 Å². The molecular formula is C21H22BrN3O2S. The molecule has 0 aliphatic carbocycles. The van der Waals surface area contributed by atoms with Crippen LogP contribution in [0.5, 0.6) is 5.75 Å². The maximum absolute atomic E-state index is 12.6. The smallest absolute Gasteiger partial charge is 0.257 e. The number of thiocarbonyl (C=S) groups is 1. The number of hydrogen-bond donors (Lipinski definition) is 1. The minimum absolute atomic E-state index is 0.0373. The molecule has 0 saturated heterocycles. The standard InChI is InChI=1S/C21H22BrN3O2S/c1-15(2)27-19-10-9-17(13-18(19)22)20(26)24-21(28)25(12-6-11-23)14-16-7-4-3-5-8-16/h3-5,7-10,13,15H,6,12,14H2,1-2H3,(H,24,26,28). The van der Waals surface area contributed by atoms with E-state index in [1.165, 1.54) is 0 Å². The van der Waals surface area contributed by atoms with Crippen molar-refractivity contribution in [1.82, 2.24) is 10.2 Å². The molecule has 0 bridgehead atoms. The zero-order valence-corrected chi connectivity index (χ0v) is 18.2. The lowest BCUT2D eigenvalue weighted by molar-refractivity contribution is 0.0973. The van der Waals surface area contributed by atoms with Gasteiger partial charge in [0.25, 0.3) is 5.91 Å². The predicted octanol–water partition coefficient (Wildman–Crippen LogP) is 4.67. The third-order valence-corrected chi connectivity index (χ3v) is 4.75. The summed E-state index contributed by atoms with van der Waals surface area (Å²) in [6.07, 6.45) is 0.352.